The molecule has 0 spiro atoms. The second-order valence-corrected chi connectivity index (χ2v) is 6.98. The minimum Gasteiger partial charge on any atom is -0.380 e. The van der Waals surface area contributed by atoms with Gasteiger partial charge < -0.3 is 4.74 Å². The van der Waals surface area contributed by atoms with Crippen molar-refractivity contribution in [3.8, 4) is 10.6 Å². The van der Waals surface area contributed by atoms with E-state index in [0.29, 0.717) is 12.2 Å². The number of ether oxygens (including phenoxy) is 1. The Morgan fingerprint density at radius 2 is 1.61 bits per heavy atom. The van der Waals surface area contributed by atoms with E-state index in [9.17, 15) is 9.59 Å². The summed E-state index contributed by atoms with van der Waals surface area (Å²) in [4.78, 5) is 28.8. The van der Waals surface area contributed by atoms with Crippen molar-refractivity contribution in [2.75, 3.05) is 7.11 Å². The van der Waals surface area contributed by atoms with Gasteiger partial charge in [-0.1, -0.05) is 43.3 Å². The molecule has 0 aliphatic rings. The van der Waals surface area contributed by atoms with Crippen molar-refractivity contribution in [1.29, 1.82) is 0 Å². The number of nitrogens with one attached hydrogen (secondary N) is 2. The van der Waals surface area contributed by atoms with Crippen molar-refractivity contribution in [2.24, 2.45) is 0 Å². The van der Waals surface area contributed by atoms with Crippen LogP contribution in [0.2, 0.25) is 0 Å². The van der Waals surface area contributed by atoms with E-state index in [1.54, 1.807) is 36.8 Å². The van der Waals surface area contributed by atoms with Crippen molar-refractivity contribution in [3.63, 3.8) is 0 Å². The summed E-state index contributed by atoms with van der Waals surface area (Å²) in [6.07, 6.45) is 0.973. The van der Waals surface area contributed by atoms with Gasteiger partial charge in [-0.3, -0.25) is 20.4 Å². The first-order valence-electron chi connectivity index (χ1n) is 8.84. The van der Waals surface area contributed by atoms with Crippen LogP contribution < -0.4 is 10.9 Å². The number of benzene rings is 2. The second kappa shape index (κ2) is 9.25. The molecule has 3 aromatic rings. The predicted octanol–water partition coefficient (Wildman–Crippen LogP) is 3.59. The average molecular weight is 395 g/mol. The molecule has 1 aromatic heterocycles. The summed E-state index contributed by atoms with van der Waals surface area (Å²) < 4.78 is 5.04. The molecule has 0 atom stereocenters. The van der Waals surface area contributed by atoms with Gasteiger partial charge in [0, 0.05) is 23.6 Å². The zero-order chi connectivity index (χ0) is 19.9. The number of rotatable bonds is 6. The van der Waals surface area contributed by atoms with E-state index in [2.05, 4.69) is 34.9 Å². The van der Waals surface area contributed by atoms with Crippen LogP contribution in [-0.2, 0) is 17.8 Å². The first-order chi connectivity index (χ1) is 13.6. The van der Waals surface area contributed by atoms with Crippen LogP contribution >= 0.6 is 11.3 Å². The first-order valence-corrected chi connectivity index (χ1v) is 9.72. The van der Waals surface area contributed by atoms with Crippen LogP contribution in [0.5, 0.6) is 0 Å². The lowest BCUT2D eigenvalue weighted by molar-refractivity contribution is 0.0844. The number of carbonyl (C=O) groups is 2. The number of thiazole rings is 1. The Hall–Kier alpha value is -3.03. The molecule has 0 aliphatic carbocycles. The molecule has 2 aromatic carbocycles. The van der Waals surface area contributed by atoms with Crippen molar-refractivity contribution in [3.05, 3.63) is 76.3 Å². The Morgan fingerprint density at radius 1 is 0.964 bits per heavy atom. The summed E-state index contributed by atoms with van der Waals surface area (Å²) in [6, 6.07) is 15.0. The minimum atomic E-state index is -0.461. The molecule has 0 radical (unpaired) electrons. The van der Waals surface area contributed by atoms with Crippen LogP contribution in [-0.4, -0.2) is 23.9 Å². The number of methoxy groups -OCH3 is 1. The van der Waals surface area contributed by atoms with Crippen LogP contribution in [0, 0.1) is 0 Å². The average Bonchev–Trinajstić information content (AvgIpc) is 3.23. The Balaban J connectivity index is 1.58. The summed E-state index contributed by atoms with van der Waals surface area (Å²) >= 11 is 1.38. The van der Waals surface area contributed by atoms with Gasteiger partial charge in [-0.15, -0.1) is 11.3 Å². The highest BCUT2D eigenvalue weighted by molar-refractivity contribution is 7.13. The maximum absolute atomic E-state index is 12.3. The van der Waals surface area contributed by atoms with E-state index < -0.39 is 11.8 Å². The molecule has 0 saturated heterocycles. The van der Waals surface area contributed by atoms with Crippen molar-refractivity contribution < 1.29 is 14.3 Å². The van der Waals surface area contributed by atoms with Crippen LogP contribution in [0.15, 0.2) is 53.9 Å². The second-order valence-electron chi connectivity index (χ2n) is 6.13. The van der Waals surface area contributed by atoms with E-state index >= 15 is 0 Å². The third-order valence-corrected chi connectivity index (χ3v) is 5.05. The Labute approximate surface area is 167 Å². The Bertz CT molecular complexity index is 950. The SMILES string of the molecule is CCc1ccc(-c2nc(C(=O)NNC(=O)c3ccc(COC)cc3)cs2)cc1. The lowest BCUT2D eigenvalue weighted by Crippen LogP contribution is -2.41. The fraction of sp³-hybridized carbons (Fsp3) is 0.190. The number of hydrogen-bond acceptors (Lipinski definition) is 5. The normalized spacial score (nSPS) is 10.5. The summed E-state index contributed by atoms with van der Waals surface area (Å²) in [7, 11) is 1.61. The standard InChI is InChI=1S/C21H21N3O3S/c1-3-14-4-10-17(11-5-14)21-22-18(13-28-21)20(26)24-23-19(25)16-8-6-15(7-9-16)12-27-2/h4-11,13H,3,12H2,1-2H3,(H,23,25)(H,24,26). The van der Waals surface area contributed by atoms with Gasteiger partial charge in [0.25, 0.3) is 11.8 Å². The zero-order valence-electron chi connectivity index (χ0n) is 15.7. The van der Waals surface area contributed by atoms with Crippen LogP contribution in [0.4, 0.5) is 0 Å². The molecule has 0 saturated carbocycles. The first kappa shape index (κ1) is 19.7. The highest BCUT2D eigenvalue weighted by atomic mass is 32.1. The molecule has 2 N–H and O–H groups in total. The van der Waals surface area contributed by atoms with Gasteiger partial charge in [-0.25, -0.2) is 4.98 Å². The maximum atomic E-state index is 12.3. The van der Waals surface area contributed by atoms with Crippen molar-refractivity contribution in [1.82, 2.24) is 15.8 Å². The fourth-order valence-corrected chi connectivity index (χ4v) is 3.37. The number of amides is 2. The van der Waals surface area contributed by atoms with Gasteiger partial charge in [0.05, 0.1) is 6.61 Å². The van der Waals surface area contributed by atoms with Gasteiger partial charge in [0.15, 0.2) is 0 Å². The Kier molecular flexibility index (Phi) is 6.52. The summed E-state index contributed by atoms with van der Waals surface area (Å²) in [5, 5.41) is 2.43. The monoisotopic (exact) mass is 395 g/mol. The van der Waals surface area contributed by atoms with Gasteiger partial charge in [0.1, 0.15) is 10.7 Å². The van der Waals surface area contributed by atoms with Crippen LogP contribution in [0.25, 0.3) is 10.6 Å². The molecule has 0 aliphatic heterocycles. The molecule has 28 heavy (non-hydrogen) atoms. The molecule has 7 heteroatoms. The molecule has 6 nitrogen and oxygen atoms in total. The smallest absolute Gasteiger partial charge is 0.289 e. The topological polar surface area (TPSA) is 80.3 Å². The van der Waals surface area contributed by atoms with Crippen LogP contribution in [0.3, 0.4) is 0 Å². The highest BCUT2D eigenvalue weighted by Crippen LogP contribution is 2.24. The fourth-order valence-electron chi connectivity index (χ4n) is 2.56. The molecule has 1 heterocycles. The molecule has 3 rings (SSSR count). The van der Waals surface area contributed by atoms with E-state index in [0.717, 1.165) is 22.6 Å². The number of aryl methyl sites for hydroxylation is 1. The third-order valence-electron chi connectivity index (χ3n) is 4.16. The summed E-state index contributed by atoms with van der Waals surface area (Å²) in [6.45, 7) is 2.58. The number of nitrogens with zero attached hydrogens (tertiary/aromatic N) is 1. The van der Waals surface area contributed by atoms with Crippen molar-refractivity contribution >= 4 is 23.2 Å². The molecule has 2 amide bonds. The number of aromatic nitrogens is 1. The molecule has 0 fully saturated rings. The lowest BCUT2D eigenvalue weighted by atomic mass is 10.1. The number of hydrazine groups is 1. The third kappa shape index (κ3) is 4.82. The maximum Gasteiger partial charge on any atom is 0.289 e. The zero-order valence-corrected chi connectivity index (χ0v) is 16.5. The number of hydrogen-bond donors (Lipinski definition) is 2. The molecular weight excluding hydrogens is 374 g/mol. The van der Waals surface area contributed by atoms with E-state index in [1.165, 1.54) is 16.9 Å². The predicted molar refractivity (Wildman–Crippen MR) is 109 cm³/mol. The molecule has 0 bridgehead atoms. The van der Waals surface area contributed by atoms with E-state index in [-0.39, 0.29) is 5.69 Å². The quantitative estimate of drug-likeness (QED) is 0.625. The van der Waals surface area contributed by atoms with Crippen molar-refractivity contribution in [2.45, 2.75) is 20.0 Å². The van der Waals surface area contributed by atoms with Gasteiger partial charge in [-0.05, 0) is 29.7 Å². The largest absolute Gasteiger partial charge is 0.380 e. The van der Waals surface area contributed by atoms with Gasteiger partial charge in [0.2, 0.25) is 0 Å². The Morgan fingerprint density at radius 3 is 2.25 bits per heavy atom. The minimum absolute atomic E-state index is 0.260. The molecule has 144 valence electrons. The number of carbonyl (C=O) groups excluding carboxylic acids is 2. The molecule has 0 unspecified atom stereocenters. The van der Waals surface area contributed by atoms with Crippen LogP contribution in [0.1, 0.15) is 38.9 Å². The van der Waals surface area contributed by atoms with E-state index in [1.807, 2.05) is 12.1 Å². The summed E-state index contributed by atoms with van der Waals surface area (Å²) in [5.74, 6) is -0.861. The molecular formula is C21H21N3O3S. The summed E-state index contributed by atoms with van der Waals surface area (Å²) in [5.41, 5.74) is 8.68. The lowest BCUT2D eigenvalue weighted by Gasteiger charge is -2.07. The highest BCUT2D eigenvalue weighted by Gasteiger charge is 2.13. The van der Waals surface area contributed by atoms with Gasteiger partial charge in [-0.2, -0.15) is 0 Å². The van der Waals surface area contributed by atoms with E-state index in [4.69, 9.17) is 4.74 Å². The van der Waals surface area contributed by atoms with Gasteiger partial charge >= 0.3 is 0 Å².